The number of ether oxygens (including phenoxy) is 1. The summed E-state index contributed by atoms with van der Waals surface area (Å²) in [6, 6.07) is 10.4. The average molecular weight is 345 g/mol. The topological polar surface area (TPSA) is 37.4 Å². The summed E-state index contributed by atoms with van der Waals surface area (Å²) >= 11 is 5.56. The number of hydrogen-bond acceptors (Lipinski definition) is 3. The fraction of sp³-hybridized carbons (Fsp3) is 0.333. The molecule has 1 aliphatic rings. The highest BCUT2D eigenvalue weighted by Crippen LogP contribution is 2.17. The van der Waals surface area contributed by atoms with Crippen molar-refractivity contribution >= 4 is 23.0 Å². The molecule has 1 aromatic carbocycles. The minimum atomic E-state index is -0.240. The highest BCUT2D eigenvalue weighted by atomic mass is 32.1. The molecule has 1 atom stereocenters. The Labute approximate surface area is 146 Å². The van der Waals surface area contributed by atoms with Gasteiger partial charge in [-0.3, -0.25) is 4.98 Å². The first kappa shape index (κ1) is 16.8. The van der Waals surface area contributed by atoms with Crippen LogP contribution in [-0.4, -0.2) is 34.3 Å². The predicted molar refractivity (Wildman–Crippen MR) is 96.2 cm³/mol. The second kappa shape index (κ2) is 8.17. The molecule has 0 amide bonds. The van der Waals surface area contributed by atoms with Gasteiger partial charge >= 0.3 is 0 Å². The first-order valence-electron chi connectivity index (χ1n) is 8.03. The predicted octanol–water partition coefficient (Wildman–Crippen LogP) is 3.60. The van der Waals surface area contributed by atoms with Crippen molar-refractivity contribution in [2.75, 3.05) is 18.5 Å². The van der Waals surface area contributed by atoms with Crippen molar-refractivity contribution in [3.8, 4) is 0 Å². The Bertz CT molecular complexity index is 677. The molecule has 1 aliphatic heterocycles. The maximum atomic E-state index is 13.5. The van der Waals surface area contributed by atoms with Gasteiger partial charge in [0.15, 0.2) is 5.11 Å². The molecule has 4 nitrogen and oxygen atoms in total. The highest BCUT2D eigenvalue weighted by Gasteiger charge is 2.21. The normalized spacial score (nSPS) is 16.8. The summed E-state index contributed by atoms with van der Waals surface area (Å²) in [5.41, 5.74) is 1.71. The second-order valence-electron chi connectivity index (χ2n) is 5.82. The Kier molecular flexibility index (Phi) is 5.72. The molecule has 0 bridgehead atoms. The largest absolute Gasteiger partial charge is 0.376 e. The third-order valence-corrected chi connectivity index (χ3v) is 4.27. The standard InChI is InChI=1S/C18H20FN3OS/c19-15-5-1-4-14(10-15)12-22(13-17-7-3-9-23-17)18(24)21-16-6-2-8-20-11-16/h1-2,4-6,8,10-11,17H,3,7,9,12-13H2,(H,21,24)/t17-/m0/s1. The van der Waals surface area contributed by atoms with Gasteiger partial charge in [-0.1, -0.05) is 12.1 Å². The van der Waals surface area contributed by atoms with Crippen molar-refractivity contribution in [1.29, 1.82) is 0 Å². The summed E-state index contributed by atoms with van der Waals surface area (Å²) in [5, 5.41) is 3.78. The van der Waals surface area contributed by atoms with Gasteiger partial charge < -0.3 is 15.0 Å². The van der Waals surface area contributed by atoms with Crippen LogP contribution in [0.2, 0.25) is 0 Å². The van der Waals surface area contributed by atoms with E-state index in [-0.39, 0.29) is 11.9 Å². The molecule has 0 spiro atoms. The van der Waals surface area contributed by atoms with Gasteiger partial charge in [0.25, 0.3) is 0 Å². The van der Waals surface area contributed by atoms with Gasteiger partial charge in [0.2, 0.25) is 0 Å². The summed E-state index contributed by atoms with van der Waals surface area (Å²) in [4.78, 5) is 6.10. The summed E-state index contributed by atoms with van der Waals surface area (Å²) in [7, 11) is 0. The summed E-state index contributed by atoms with van der Waals surface area (Å²) in [6.45, 7) is 2.01. The molecule has 2 aromatic rings. The SMILES string of the molecule is Fc1cccc(CN(C[C@@H]2CCCO2)C(=S)Nc2cccnc2)c1. The number of pyridine rings is 1. The van der Waals surface area contributed by atoms with Crippen molar-refractivity contribution < 1.29 is 9.13 Å². The van der Waals surface area contributed by atoms with E-state index in [1.54, 1.807) is 18.5 Å². The third-order valence-electron chi connectivity index (χ3n) is 3.91. The molecule has 0 saturated carbocycles. The van der Waals surface area contributed by atoms with E-state index in [0.29, 0.717) is 18.2 Å². The van der Waals surface area contributed by atoms with Crippen molar-refractivity contribution in [1.82, 2.24) is 9.88 Å². The van der Waals surface area contributed by atoms with Gasteiger partial charge in [-0.15, -0.1) is 0 Å². The molecular weight excluding hydrogens is 325 g/mol. The van der Waals surface area contributed by atoms with E-state index in [4.69, 9.17) is 17.0 Å². The molecule has 2 heterocycles. The van der Waals surface area contributed by atoms with E-state index >= 15 is 0 Å². The maximum Gasteiger partial charge on any atom is 0.173 e. The Morgan fingerprint density at radius 1 is 1.38 bits per heavy atom. The van der Waals surface area contributed by atoms with Crippen LogP contribution in [0.15, 0.2) is 48.8 Å². The molecule has 0 unspecified atom stereocenters. The molecule has 24 heavy (non-hydrogen) atoms. The number of rotatable bonds is 5. The molecule has 1 saturated heterocycles. The minimum Gasteiger partial charge on any atom is -0.376 e. The van der Waals surface area contributed by atoms with Crippen molar-refractivity contribution in [3.05, 3.63) is 60.2 Å². The summed E-state index contributed by atoms with van der Waals surface area (Å²) in [5.74, 6) is -0.240. The number of benzene rings is 1. The van der Waals surface area contributed by atoms with Crippen LogP contribution in [0, 0.1) is 5.82 Å². The summed E-state index contributed by atoms with van der Waals surface area (Å²) < 4.78 is 19.2. The van der Waals surface area contributed by atoms with Crippen molar-refractivity contribution in [3.63, 3.8) is 0 Å². The molecule has 6 heteroatoms. The van der Waals surface area contributed by atoms with Gasteiger partial charge in [0, 0.05) is 25.9 Å². The van der Waals surface area contributed by atoms with Gasteiger partial charge in [-0.05, 0) is 54.9 Å². The number of halogens is 1. The van der Waals surface area contributed by atoms with Gasteiger partial charge in [0.1, 0.15) is 5.82 Å². The molecular formula is C18H20FN3OS. The lowest BCUT2D eigenvalue weighted by Crippen LogP contribution is -2.39. The zero-order chi connectivity index (χ0) is 16.8. The molecule has 3 rings (SSSR count). The van der Waals surface area contributed by atoms with Crippen LogP contribution in [0.5, 0.6) is 0 Å². The Hall–Kier alpha value is -2.05. The Morgan fingerprint density at radius 3 is 3.00 bits per heavy atom. The lowest BCUT2D eigenvalue weighted by molar-refractivity contribution is 0.0905. The zero-order valence-corrected chi connectivity index (χ0v) is 14.1. The van der Waals surface area contributed by atoms with Crippen LogP contribution in [0.4, 0.5) is 10.1 Å². The van der Waals surface area contributed by atoms with Crippen LogP contribution in [-0.2, 0) is 11.3 Å². The van der Waals surface area contributed by atoms with Crippen LogP contribution >= 0.6 is 12.2 Å². The quantitative estimate of drug-likeness (QED) is 0.838. The van der Waals surface area contributed by atoms with Crippen molar-refractivity contribution in [2.45, 2.75) is 25.5 Å². The number of aromatic nitrogens is 1. The Morgan fingerprint density at radius 2 is 2.29 bits per heavy atom. The van der Waals surface area contributed by atoms with Gasteiger partial charge in [-0.25, -0.2) is 4.39 Å². The number of anilines is 1. The van der Waals surface area contributed by atoms with E-state index in [0.717, 1.165) is 30.7 Å². The fourth-order valence-corrected chi connectivity index (χ4v) is 3.01. The first-order valence-corrected chi connectivity index (χ1v) is 8.43. The molecule has 0 aliphatic carbocycles. The molecule has 1 aromatic heterocycles. The Balaban J connectivity index is 1.71. The number of thiocarbonyl (C=S) groups is 1. The number of nitrogens with one attached hydrogen (secondary N) is 1. The minimum absolute atomic E-state index is 0.159. The lowest BCUT2D eigenvalue weighted by Gasteiger charge is -2.28. The molecule has 126 valence electrons. The van der Waals surface area contributed by atoms with Crippen LogP contribution in [0.1, 0.15) is 18.4 Å². The number of hydrogen-bond donors (Lipinski definition) is 1. The van der Waals surface area contributed by atoms with Crippen molar-refractivity contribution in [2.24, 2.45) is 0 Å². The van der Waals surface area contributed by atoms with E-state index in [1.807, 2.05) is 23.1 Å². The van der Waals surface area contributed by atoms with Gasteiger partial charge in [-0.2, -0.15) is 0 Å². The zero-order valence-electron chi connectivity index (χ0n) is 13.3. The monoisotopic (exact) mass is 345 g/mol. The molecule has 1 fully saturated rings. The van der Waals surface area contributed by atoms with Crippen LogP contribution < -0.4 is 5.32 Å². The average Bonchev–Trinajstić information content (AvgIpc) is 3.08. The van der Waals surface area contributed by atoms with Crippen LogP contribution in [0.3, 0.4) is 0 Å². The third kappa shape index (κ3) is 4.72. The summed E-state index contributed by atoms with van der Waals surface area (Å²) in [6.07, 6.45) is 5.69. The molecule has 1 N–H and O–H groups in total. The number of nitrogens with zero attached hydrogens (tertiary/aromatic N) is 2. The van der Waals surface area contributed by atoms with Gasteiger partial charge in [0.05, 0.1) is 18.0 Å². The maximum absolute atomic E-state index is 13.5. The van der Waals surface area contributed by atoms with E-state index in [9.17, 15) is 4.39 Å². The lowest BCUT2D eigenvalue weighted by atomic mass is 10.2. The fourth-order valence-electron chi connectivity index (χ4n) is 2.75. The van der Waals surface area contributed by atoms with E-state index in [2.05, 4.69) is 10.3 Å². The van der Waals surface area contributed by atoms with Crippen LogP contribution in [0.25, 0.3) is 0 Å². The highest BCUT2D eigenvalue weighted by molar-refractivity contribution is 7.80. The van der Waals surface area contributed by atoms with E-state index < -0.39 is 0 Å². The van der Waals surface area contributed by atoms with E-state index in [1.165, 1.54) is 12.1 Å². The second-order valence-corrected chi connectivity index (χ2v) is 6.20. The smallest absolute Gasteiger partial charge is 0.173 e. The first-order chi connectivity index (χ1) is 11.7. The molecule has 0 radical (unpaired) electrons.